The average molecular weight is 421 g/mol. The zero-order valence-electron chi connectivity index (χ0n) is 17.1. The maximum Gasteiger partial charge on any atom is 0.407 e. The van der Waals surface area contributed by atoms with Crippen LogP contribution in [-0.4, -0.2) is 41.1 Å². The van der Waals surface area contributed by atoms with Crippen LogP contribution in [0.5, 0.6) is 0 Å². The summed E-state index contributed by atoms with van der Waals surface area (Å²) < 4.78 is 12.6. The Balaban J connectivity index is 2.27. The number of para-hydroxylation sites is 1. The van der Waals surface area contributed by atoms with Crippen LogP contribution >= 0.6 is 11.8 Å². The van der Waals surface area contributed by atoms with Crippen LogP contribution in [0.15, 0.2) is 35.5 Å². The fourth-order valence-corrected chi connectivity index (χ4v) is 3.14. The van der Waals surface area contributed by atoms with Gasteiger partial charge in [0, 0.05) is 18.8 Å². The number of nitrogens with zero attached hydrogens (tertiary/aromatic N) is 2. The van der Waals surface area contributed by atoms with Crippen molar-refractivity contribution in [1.29, 1.82) is 0 Å². The van der Waals surface area contributed by atoms with Crippen molar-refractivity contribution in [3.05, 3.63) is 41.7 Å². The molecule has 0 saturated heterocycles. The van der Waals surface area contributed by atoms with Crippen molar-refractivity contribution in [2.75, 3.05) is 19.3 Å². The predicted molar refractivity (Wildman–Crippen MR) is 112 cm³/mol. The number of aromatic nitrogens is 2. The highest BCUT2D eigenvalue weighted by molar-refractivity contribution is 7.98. The number of ether oxygens (including phenoxy) is 2. The van der Waals surface area contributed by atoms with Crippen molar-refractivity contribution in [1.82, 2.24) is 20.2 Å². The molecule has 0 fully saturated rings. The van der Waals surface area contributed by atoms with E-state index in [0.717, 1.165) is 23.7 Å². The van der Waals surface area contributed by atoms with Gasteiger partial charge in [0.2, 0.25) is 0 Å². The molecule has 0 aliphatic rings. The molecule has 0 aliphatic carbocycles. The van der Waals surface area contributed by atoms with Gasteiger partial charge >= 0.3 is 12.2 Å². The summed E-state index contributed by atoms with van der Waals surface area (Å²) in [7, 11) is 0. The molecule has 0 spiro atoms. The van der Waals surface area contributed by atoms with E-state index in [1.54, 1.807) is 0 Å². The second kappa shape index (κ2) is 12.0. The standard InChI is InChI=1S/C20H28N4O4S/c1-4-11-21-19(25)27-13-16-17(14-28-20(26)22-12-5-2)24(18(23-16)29-3)15-9-7-6-8-10-15/h6-10H,4-5,11-14H2,1-3H3,(H,21,25)(H,22,26). The molecule has 8 nitrogen and oxygen atoms in total. The molecule has 0 bridgehead atoms. The minimum atomic E-state index is -0.501. The largest absolute Gasteiger partial charge is 0.443 e. The minimum absolute atomic E-state index is 0.00722. The average Bonchev–Trinajstić information content (AvgIpc) is 3.11. The molecular formula is C20H28N4O4S. The number of nitrogens with one attached hydrogen (secondary N) is 2. The molecule has 1 aromatic heterocycles. The Kier molecular flexibility index (Phi) is 9.36. The summed E-state index contributed by atoms with van der Waals surface area (Å²) in [5, 5.41) is 6.07. The summed E-state index contributed by atoms with van der Waals surface area (Å²) in [4.78, 5) is 28.4. The molecule has 2 amide bonds. The van der Waals surface area contributed by atoms with E-state index in [0.29, 0.717) is 24.5 Å². The van der Waals surface area contributed by atoms with Crippen molar-refractivity contribution >= 4 is 23.9 Å². The summed E-state index contributed by atoms with van der Waals surface area (Å²) in [6.07, 6.45) is 2.56. The first-order valence-corrected chi connectivity index (χ1v) is 10.8. The number of carbonyl (C=O) groups excluding carboxylic acids is 2. The number of alkyl carbamates (subject to hydrolysis) is 2. The van der Waals surface area contributed by atoms with Crippen LogP contribution in [0.2, 0.25) is 0 Å². The summed E-state index contributed by atoms with van der Waals surface area (Å²) in [6, 6.07) is 9.66. The van der Waals surface area contributed by atoms with E-state index in [9.17, 15) is 9.59 Å². The lowest BCUT2D eigenvalue weighted by molar-refractivity contribution is 0.129. The SMILES string of the molecule is CCCNC(=O)OCc1nc(SC)n(-c2ccccc2)c1COC(=O)NCCC. The molecule has 29 heavy (non-hydrogen) atoms. The van der Waals surface area contributed by atoms with Crippen LogP contribution in [0, 0.1) is 0 Å². The molecule has 158 valence electrons. The topological polar surface area (TPSA) is 94.5 Å². The van der Waals surface area contributed by atoms with Crippen molar-refractivity contribution in [3.8, 4) is 5.69 Å². The molecule has 1 aromatic carbocycles. The van der Waals surface area contributed by atoms with E-state index in [-0.39, 0.29) is 13.2 Å². The van der Waals surface area contributed by atoms with Crippen molar-refractivity contribution in [3.63, 3.8) is 0 Å². The van der Waals surface area contributed by atoms with Crippen LogP contribution in [0.1, 0.15) is 38.1 Å². The van der Waals surface area contributed by atoms with Gasteiger partial charge in [0.05, 0.1) is 5.69 Å². The number of carbonyl (C=O) groups is 2. The molecule has 0 radical (unpaired) electrons. The van der Waals surface area contributed by atoms with Gasteiger partial charge in [-0.1, -0.05) is 43.8 Å². The first kappa shape index (κ1) is 22.6. The van der Waals surface area contributed by atoms with E-state index in [1.807, 2.05) is 55.0 Å². The van der Waals surface area contributed by atoms with Crippen molar-refractivity contribution < 1.29 is 19.1 Å². The van der Waals surface area contributed by atoms with Crippen LogP contribution in [-0.2, 0) is 22.7 Å². The van der Waals surface area contributed by atoms with Crippen LogP contribution in [0.25, 0.3) is 5.69 Å². The smallest absolute Gasteiger partial charge is 0.407 e. The van der Waals surface area contributed by atoms with Gasteiger partial charge in [-0.15, -0.1) is 0 Å². The first-order chi connectivity index (χ1) is 14.1. The Morgan fingerprint density at radius 3 is 2.14 bits per heavy atom. The van der Waals surface area contributed by atoms with Gasteiger partial charge in [-0.2, -0.15) is 0 Å². The van der Waals surface area contributed by atoms with Gasteiger partial charge in [-0.05, 0) is 31.2 Å². The molecule has 0 atom stereocenters. The Bertz CT molecular complexity index is 795. The third kappa shape index (κ3) is 6.70. The number of hydrogen-bond donors (Lipinski definition) is 2. The molecule has 1 heterocycles. The Labute approximate surface area is 175 Å². The highest BCUT2D eigenvalue weighted by Crippen LogP contribution is 2.26. The Morgan fingerprint density at radius 2 is 1.59 bits per heavy atom. The lowest BCUT2D eigenvalue weighted by Crippen LogP contribution is -2.26. The second-order valence-electron chi connectivity index (χ2n) is 6.17. The number of hydrogen-bond acceptors (Lipinski definition) is 6. The number of benzene rings is 1. The predicted octanol–water partition coefficient (Wildman–Crippen LogP) is 3.87. The maximum atomic E-state index is 11.9. The molecule has 0 saturated carbocycles. The molecule has 0 unspecified atom stereocenters. The Hall–Kier alpha value is -2.68. The number of rotatable bonds is 10. The molecule has 2 aromatic rings. The van der Waals surface area contributed by atoms with E-state index < -0.39 is 12.2 Å². The number of thioether (sulfide) groups is 1. The summed E-state index contributed by atoms with van der Waals surface area (Å²) in [5.74, 6) is 0. The van der Waals surface area contributed by atoms with Crippen molar-refractivity contribution in [2.24, 2.45) is 0 Å². The van der Waals surface area contributed by atoms with E-state index in [4.69, 9.17) is 9.47 Å². The van der Waals surface area contributed by atoms with E-state index in [2.05, 4.69) is 15.6 Å². The first-order valence-electron chi connectivity index (χ1n) is 9.61. The zero-order chi connectivity index (χ0) is 21.1. The lowest BCUT2D eigenvalue weighted by Gasteiger charge is -2.13. The number of amides is 2. The van der Waals surface area contributed by atoms with Gasteiger partial charge in [0.15, 0.2) is 5.16 Å². The molecule has 2 rings (SSSR count). The highest BCUT2D eigenvalue weighted by atomic mass is 32.2. The minimum Gasteiger partial charge on any atom is -0.443 e. The fourth-order valence-electron chi connectivity index (χ4n) is 2.54. The van der Waals surface area contributed by atoms with E-state index in [1.165, 1.54) is 11.8 Å². The van der Waals surface area contributed by atoms with Crippen LogP contribution in [0.3, 0.4) is 0 Å². The van der Waals surface area contributed by atoms with Gasteiger partial charge in [-0.3, -0.25) is 4.57 Å². The molecular weight excluding hydrogens is 392 g/mol. The van der Waals surface area contributed by atoms with Gasteiger partial charge in [-0.25, -0.2) is 14.6 Å². The summed E-state index contributed by atoms with van der Waals surface area (Å²) in [5.41, 5.74) is 2.10. The zero-order valence-corrected chi connectivity index (χ0v) is 17.9. The molecule has 0 aliphatic heterocycles. The van der Waals surface area contributed by atoms with Crippen molar-refractivity contribution in [2.45, 2.75) is 45.1 Å². The fraction of sp³-hybridized carbons (Fsp3) is 0.450. The summed E-state index contributed by atoms with van der Waals surface area (Å²) >= 11 is 1.46. The lowest BCUT2D eigenvalue weighted by atomic mass is 10.3. The molecule has 9 heteroatoms. The van der Waals surface area contributed by atoms with Crippen LogP contribution < -0.4 is 10.6 Å². The third-order valence-corrected chi connectivity index (χ3v) is 4.58. The van der Waals surface area contributed by atoms with Gasteiger partial charge in [0.1, 0.15) is 18.9 Å². The summed E-state index contributed by atoms with van der Waals surface area (Å²) in [6.45, 7) is 5.01. The van der Waals surface area contributed by atoms with Gasteiger partial charge < -0.3 is 20.1 Å². The quantitative estimate of drug-likeness (QED) is 0.567. The Morgan fingerprint density at radius 1 is 1.00 bits per heavy atom. The normalized spacial score (nSPS) is 10.4. The monoisotopic (exact) mass is 420 g/mol. The molecule has 2 N–H and O–H groups in total. The van der Waals surface area contributed by atoms with Gasteiger partial charge in [0.25, 0.3) is 0 Å². The van der Waals surface area contributed by atoms with Crippen LogP contribution in [0.4, 0.5) is 9.59 Å². The van der Waals surface area contributed by atoms with E-state index >= 15 is 0 Å². The second-order valence-corrected chi connectivity index (χ2v) is 6.94. The maximum absolute atomic E-state index is 11.9. The number of imidazole rings is 1. The highest BCUT2D eigenvalue weighted by Gasteiger charge is 2.20. The third-order valence-electron chi connectivity index (χ3n) is 3.94.